The second kappa shape index (κ2) is 3.81. The molecular weight excluding hydrogens is 194 g/mol. The summed E-state index contributed by atoms with van der Waals surface area (Å²) < 4.78 is 5.20. The highest BCUT2D eigenvalue weighted by atomic mass is 16.5. The molecule has 1 atom stereocenters. The largest absolute Gasteiger partial charge is 0.495 e. The third kappa shape index (κ3) is 1.75. The third-order valence-corrected chi connectivity index (χ3v) is 2.66. The Kier molecular flexibility index (Phi) is 2.49. The predicted octanol–water partition coefficient (Wildman–Crippen LogP) is 1.68. The minimum atomic E-state index is -0.766. The molecule has 1 aromatic carbocycles. The van der Waals surface area contributed by atoms with Gasteiger partial charge in [0.2, 0.25) is 0 Å². The lowest BCUT2D eigenvalue weighted by Crippen LogP contribution is -2.07. The van der Waals surface area contributed by atoms with Crippen molar-refractivity contribution in [3.63, 3.8) is 0 Å². The highest BCUT2D eigenvalue weighted by molar-refractivity contribution is 5.73. The number of benzene rings is 1. The Balaban J connectivity index is 2.31. The zero-order valence-corrected chi connectivity index (χ0v) is 8.49. The number of hydrogen-bond acceptors (Lipinski definition) is 3. The van der Waals surface area contributed by atoms with Crippen LogP contribution in [0.15, 0.2) is 18.2 Å². The molecule has 4 heteroatoms. The number of fused-ring (bicyclic) bond motifs is 1. The number of nitrogens with one attached hydrogen (secondary N) is 1. The summed E-state index contributed by atoms with van der Waals surface area (Å²) in [7, 11) is 1.61. The summed E-state index contributed by atoms with van der Waals surface area (Å²) in [6.07, 6.45) is 0.160. The van der Waals surface area contributed by atoms with E-state index in [1.165, 1.54) is 0 Å². The van der Waals surface area contributed by atoms with Crippen LogP contribution in [0.5, 0.6) is 5.75 Å². The fourth-order valence-electron chi connectivity index (χ4n) is 1.98. The van der Waals surface area contributed by atoms with Crippen molar-refractivity contribution < 1.29 is 14.6 Å². The van der Waals surface area contributed by atoms with Gasteiger partial charge < -0.3 is 15.2 Å². The van der Waals surface area contributed by atoms with Gasteiger partial charge in [0.25, 0.3) is 0 Å². The van der Waals surface area contributed by atoms with Gasteiger partial charge in [-0.05, 0) is 11.6 Å². The van der Waals surface area contributed by atoms with Gasteiger partial charge in [-0.1, -0.05) is 12.1 Å². The number of para-hydroxylation sites is 1. The lowest BCUT2D eigenvalue weighted by molar-refractivity contribution is -0.137. The molecule has 0 aliphatic carbocycles. The second-order valence-electron chi connectivity index (χ2n) is 3.60. The summed E-state index contributed by atoms with van der Waals surface area (Å²) in [5.41, 5.74) is 1.98. The Morgan fingerprint density at radius 1 is 1.67 bits per heavy atom. The standard InChI is InChI=1S/C11H13NO3/c1-15-9-4-2-3-8-7(5-10(13)14)6-12-11(8)9/h2-4,7,12H,5-6H2,1H3,(H,13,14)/t7-/m0/s1. The van der Waals surface area contributed by atoms with Crippen LogP contribution in [0.3, 0.4) is 0 Å². The van der Waals surface area contributed by atoms with Gasteiger partial charge in [0.05, 0.1) is 19.2 Å². The molecule has 0 amide bonds. The summed E-state index contributed by atoms with van der Waals surface area (Å²) >= 11 is 0. The number of carboxylic acid groups (broad SMARTS) is 1. The summed E-state index contributed by atoms with van der Waals surface area (Å²) in [4.78, 5) is 10.7. The van der Waals surface area contributed by atoms with E-state index in [-0.39, 0.29) is 12.3 Å². The van der Waals surface area contributed by atoms with E-state index in [1.54, 1.807) is 7.11 Å². The quantitative estimate of drug-likeness (QED) is 0.791. The van der Waals surface area contributed by atoms with E-state index in [4.69, 9.17) is 9.84 Å². The van der Waals surface area contributed by atoms with Crippen molar-refractivity contribution in [2.24, 2.45) is 0 Å². The monoisotopic (exact) mass is 207 g/mol. The third-order valence-electron chi connectivity index (χ3n) is 2.66. The van der Waals surface area contributed by atoms with Gasteiger partial charge in [-0.2, -0.15) is 0 Å². The lowest BCUT2D eigenvalue weighted by Gasteiger charge is -2.08. The highest BCUT2D eigenvalue weighted by Gasteiger charge is 2.26. The maximum Gasteiger partial charge on any atom is 0.304 e. The van der Waals surface area contributed by atoms with Crippen LogP contribution in [-0.4, -0.2) is 24.7 Å². The van der Waals surface area contributed by atoms with Crippen molar-refractivity contribution in [1.82, 2.24) is 0 Å². The van der Waals surface area contributed by atoms with Crippen molar-refractivity contribution in [3.05, 3.63) is 23.8 Å². The van der Waals surface area contributed by atoms with Gasteiger partial charge in [0.1, 0.15) is 5.75 Å². The molecule has 2 rings (SSSR count). The molecule has 80 valence electrons. The topological polar surface area (TPSA) is 58.6 Å². The number of anilines is 1. The molecule has 0 radical (unpaired) electrons. The molecule has 1 aromatic rings. The number of ether oxygens (including phenoxy) is 1. The molecule has 0 spiro atoms. The number of carbonyl (C=O) groups is 1. The highest BCUT2D eigenvalue weighted by Crippen LogP contribution is 2.39. The van der Waals surface area contributed by atoms with Crippen molar-refractivity contribution >= 4 is 11.7 Å². The molecule has 0 aromatic heterocycles. The van der Waals surface area contributed by atoms with E-state index >= 15 is 0 Å². The molecule has 15 heavy (non-hydrogen) atoms. The maximum atomic E-state index is 10.7. The van der Waals surface area contributed by atoms with E-state index in [0.29, 0.717) is 6.54 Å². The van der Waals surface area contributed by atoms with Gasteiger partial charge in [-0.15, -0.1) is 0 Å². The Bertz CT molecular complexity index is 389. The molecule has 0 unspecified atom stereocenters. The molecule has 4 nitrogen and oxygen atoms in total. The van der Waals surface area contributed by atoms with Crippen LogP contribution in [0, 0.1) is 0 Å². The number of carboxylic acids is 1. The molecule has 0 fully saturated rings. The van der Waals surface area contributed by atoms with Crippen LogP contribution in [0.4, 0.5) is 5.69 Å². The van der Waals surface area contributed by atoms with Crippen molar-refractivity contribution in [1.29, 1.82) is 0 Å². The molecule has 1 heterocycles. The first-order valence-electron chi connectivity index (χ1n) is 4.85. The van der Waals surface area contributed by atoms with E-state index in [1.807, 2.05) is 18.2 Å². The van der Waals surface area contributed by atoms with Gasteiger partial charge in [0, 0.05) is 12.5 Å². The number of aliphatic carboxylic acids is 1. The van der Waals surface area contributed by atoms with Crippen LogP contribution in [0.1, 0.15) is 17.9 Å². The normalized spacial score (nSPS) is 18.1. The second-order valence-corrected chi connectivity index (χ2v) is 3.60. The first-order chi connectivity index (χ1) is 7.22. The summed E-state index contributed by atoms with van der Waals surface area (Å²) in [5, 5.41) is 12.0. The van der Waals surface area contributed by atoms with Crippen molar-refractivity contribution in [2.75, 3.05) is 19.0 Å². The predicted molar refractivity (Wildman–Crippen MR) is 56.5 cm³/mol. The Morgan fingerprint density at radius 2 is 2.47 bits per heavy atom. The molecule has 1 aliphatic rings. The molecule has 0 bridgehead atoms. The Morgan fingerprint density at radius 3 is 3.13 bits per heavy atom. The zero-order valence-electron chi connectivity index (χ0n) is 8.49. The van der Waals surface area contributed by atoms with Crippen molar-refractivity contribution in [3.8, 4) is 5.75 Å². The summed E-state index contributed by atoms with van der Waals surface area (Å²) in [5.74, 6) is 0.0606. The van der Waals surface area contributed by atoms with Crippen LogP contribution in [0.2, 0.25) is 0 Å². The number of rotatable bonds is 3. The molecule has 1 aliphatic heterocycles. The van der Waals surface area contributed by atoms with E-state index in [2.05, 4.69) is 5.32 Å². The maximum absolute atomic E-state index is 10.7. The molecular formula is C11H13NO3. The van der Waals surface area contributed by atoms with Gasteiger partial charge in [-0.25, -0.2) is 0 Å². The van der Waals surface area contributed by atoms with Crippen LogP contribution >= 0.6 is 0 Å². The first-order valence-corrected chi connectivity index (χ1v) is 4.85. The van der Waals surface area contributed by atoms with E-state index in [9.17, 15) is 4.79 Å². The lowest BCUT2D eigenvalue weighted by atomic mass is 9.98. The minimum Gasteiger partial charge on any atom is -0.495 e. The zero-order chi connectivity index (χ0) is 10.8. The smallest absolute Gasteiger partial charge is 0.304 e. The first kappa shape index (κ1) is 9.83. The number of hydrogen-bond donors (Lipinski definition) is 2. The van der Waals surface area contributed by atoms with Crippen molar-refractivity contribution in [2.45, 2.75) is 12.3 Å². The molecule has 0 saturated heterocycles. The average molecular weight is 207 g/mol. The average Bonchev–Trinajstić information content (AvgIpc) is 2.61. The summed E-state index contributed by atoms with van der Waals surface area (Å²) in [6, 6.07) is 5.71. The van der Waals surface area contributed by atoms with Crippen LogP contribution in [0.25, 0.3) is 0 Å². The van der Waals surface area contributed by atoms with Gasteiger partial charge in [-0.3, -0.25) is 4.79 Å². The molecule has 2 N–H and O–H groups in total. The summed E-state index contributed by atoms with van der Waals surface area (Å²) in [6.45, 7) is 0.669. The SMILES string of the molecule is COc1cccc2c1NC[C@@H]2CC(=O)O. The Labute approximate surface area is 87.9 Å². The minimum absolute atomic E-state index is 0.0487. The number of methoxy groups -OCH3 is 1. The fraction of sp³-hybridized carbons (Fsp3) is 0.364. The fourth-order valence-corrected chi connectivity index (χ4v) is 1.98. The van der Waals surface area contributed by atoms with Gasteiger partial charge in [0.15, 0.2) is 0 Å². The van der Waals surface area contributed by atoms with Crippen LogP contribution < -0.4 is 10.1 Å². The van der Waals surface area contributed by atoms with E-state index < -0.39 is 5.97 Å². The van der Waals surface area contributed by atoms with Crippen LogP contribution in [-0.2, 0) is 4.79 Å². The van der Waals surface area contributed by atoms with Gasteiger partial charge >= 0.3 is 5.97 Å². The van der Waals surface area contributed by atoms with E-state index in [0.717, 1.165) is 17.0 Å². The Hall–Kier alpha value is -1.71. The molecule has 0 saturated carbocycles.